The lowest BCUT2D eigenvalue weighted by atomic mass is 10.0. The Bertz CT molecular complexity index is 862. The molecule has 1 aromatic carbocycles. The topological polar surface area (TPSA) is 71.5 Å². The summed E-state index contributed by atoms with van der Waals surface area (Å²) in [5.74, 6) is 6.01. The second-order valence-electron chi connectivity index (χ2n) is 5.99. The average Bonchev–Trinajstić information content (AvgIpc) is 2.61. The molecule has 0 spiro atoms. The number of rotatable bonds is 4. The highest BCUT2D eigenvalue weighted by atomic mass is 16.5. The molecule has 2 aromatic rings. The van der Waals surface area contributed by atoms with Crippen LogP contribution in [0, 0.1) is 18.8 Å². The van der Waals surface area contributed by atoms with Gasteiger partial charge < -0.3 is 15.0 Å². The minimum atomic E-state index is -0.396. The molecule has 0 unspecified atom stereocenters. The van der Waals surface area contributed by atoms with E-state index in [-0.39, 0.29) is 5.91 Å². The van der Waals surface area contributed by atoms with Gasteiger partial charge in [-0.05, 0) is 50.8 Å². The third-order valence-corrected chi connectivity index (χ3v) is 3.49. The number of esters is 1. The second kappa shape index (κ2) is 8.79. The molecule has 2 rings (SSSR count). The lowest BCUT2D eigenvalue weighted by Gasteiger charge is -2.09. The van der Waals surface area contributed by atoms with Gasteiger partial charge >= 0.3 is 5.97 Å². The van der Waals surface area contributed by atoms with E-state index in [0.717, 1.165) is 11.1 Å². The van der Waals surface area contributed by atoms with Crippen LogP contribution in [0.3, 0.4) is 0 Å². The molecule has 0 bridgehead atoms. The van der Waals surface area contributed by atoms with E-state index < -0.39 is 5.97 Å². The number of nitrogens with zero attached hydrogens (tertiary/aromatic N) is 2. The van der Waals surface area contributed by atoms with Gasteiger partial charge in [-0.2, -0.15) is 0 Å². The molecule has 0 aliphatic heterocycles. The second-order valence-corrected chi connectivity index (χ2v) is 5.99. The molecule has 134 valence electrons. The number of carbonyl (C=O) groups is 2. The van der Waals surface area contributed by atoms with Crippen LogP contribution in [0.25, 0.3) is 0 Å². The summed E-state index contributed by atoms with van der Waals surface area (Å²) < 4.78 is 4.73. The summed E-state index contributed by atoms with van der Waals surface area (Å²) in [4.78, 5) is 29.3. The maximum absolute atomic E-state index is 11.7. The van der Waals surface area contributed by atoms with E-state index in [4.69, 9.17) is 4.74 Å². The number of hydrogen-bond acceptors (Lipinski definition) is 5. The standard InChI is InChI=1S/C20H21N3O3/c1-14-5-8-17(20(25)26-4)11-16(14)9-6-15-7-10-18(21-12-15)22-19(24)13-23(2)3/h5,7-8,10-12H,13H2,1-4H3,(H,21,22,24). The van der Waals surface area contributed by atoms with E-state index in [1.54, 1.807) is 35.4 Å². The van der Waals surface area contributed by atoms with Crippen molar-refractivity contribution in [1.82, 2.24) is 9.88 Å². The maximum atomic E-state index is 11.7. The van der Waals surface area contributed by atoms with Crippen LogP contribution in [-0.4, -0.2) is 49.5 Å². The number of methoxy groups -OCH3 is 1. The lowest BCUT2D eigenvalue weighted by Crippen LogP contribution is -2.27. The Kier molecular flexibility index (Phi) is 6.48. The largest absolute Gasteiger partial charge is 0.465 e. The molecular formula is C20H21N3O3. The first kappa shape index (κ1) is 19.2. The van der Waals surface area contributed by atoms with Gasteiger partial charge in [0.05, 0.1) is 19.2 Å². The lowest BCUT2D eigenvalue weighted by molar-refractivity contribution is -0.116. The fraction of sp³-hybridized carbons (Fsp3) is 0.250. The van der Waals surface area contributed by atoms with Gasteiger partial charge in [0.25, 0.3) is 0 Å². The Morgan fingerprint density at radius 3 is 2.58 bits per heavy atom. The van der Waals surface area contributed by atoms with Crippen molar-refractivity contribution >= 4 is 17.7 Å². The first-order chi connectivity index (χ1) is 12.4. The number of aryl methyl sites for hydroxylation is 1. The maximum Gasteiger partial charge on any atom is 0.337 e. The number of aromatic nitrogens is 1. The molecule has 0 fully saturated rings. The highest BCUT2D eigenvalue weighted by molar-refractivity contribution is 5.91. The van der Waals surface area contributed by atoms with Crippen LogP contribution in [0.4, 0.5) is 5.82 Å². The molecule has 0 saturated carbocycles. The SMILES string of the molecule is COC(=O)c1ccc(C)c(C#Cc2ccc(NC(=O)CN(C)C)nc2)c1. The van der Waals surface area contributed by atoms with Gasteiger partial charge in [0.2, 0.25) is 5.91 Å². The average molecular weight is 351 g/mol. The predicted octanol–water partition coefficient (Wildman–Crippen LogP) is 2.08. The molecule has 0 atom stereocenters. The third-order valence-electron chi connectivity index (χ3n) is 3.49. The van der Waals surface area contributed by atoms with Crippen molar-refractivity contribution in [3.8, 4) is 11.8 Å². The van der Waals surface area contributed by atoms with Gasteiger partial charge in [-0.1, -0.05) is 17.9 Å². The summed E-state index contributed by atoms with van der Waals surface area (Å²) in [6, 6.07) is 8.73. The summed E-state index contributed by atoms with van der Waals surface area (Å²) in [5, 5.41) is 2.72. The van der Waals surface area contributed by atoms with E-state index in [2.05, 4.69) is 22.1 Å². The van der Waals surface area contributed by atoms with Crippen molar-refractivity contribution in [2.75, 3.05) is 33.1 Å². The Labute approximate surface area is 153 Å². The molecule has 6 nitrogen and oxygen atoms in total. The fourth-order valence-electron chi connectivity index (χ4n) is 2.15. The summed E-state index contributed by atoms with van der Waals surface area (Å²) in [7, 11) is 4.99. The third kappa shape index (κ3) is 5.43. The summed E-state index contributed by atoms with van der Waals surface area (Å²) in [6.45, 7) is 2.21. The first-order valence-electron chi connectivity index (χ1n) is 8.00. The number of amides is 1. The smallest absolute Gasteiger partial charge is 0.337 e. The zero-order chi connectivity index (χ0) is 19.1. The molecule has 1 N–H and O–H groups in total. The number of carbonyl (C=O) groups excluding carboxylic acids is 2. The molecule has 0 saturated heterocycles. The van der Waals surface area contributed by atoms with Crippen LogP contribution in [0.1, 0.15) is 27.0 Å². The number of pyridine rings is 1. The summed E-state index contributed by atoms with van der Waals surface area (Å²) >= 11 is 0. The molecule has 1 amide bonds. The van der Waals surface area contributed by atoms with Crippen molar-refractivity contribution < 1.29 is 14.3 Å². The van der Waals surface area contributed by atoms with Crippen LogP contribution in [0.2, 0.25) is 0 Å². The van der Waals surface area contributed by atoms with E-state index >= 15 is 0 Å². The summed E-state index contributed by atoms with van der Waals surface area (Å²) in [5.41, 5.74) is 2.87. The molecule has 6 heteroatoms. The highest BCUT2D eigenvalue weighted by Gasteiger charge is 2.07. The minimum absolute atomic E-state index is 0.128. The Hall–Kier alpha value is -3.17. The van der Waals surface area contributed by atoms with Gasteiger partial charge in [0.1, 0.15) is 5.82 Å². The number of benzene rings is 1. The van der Waals surface area contributed by atoms with Crippen LogP contribution < -0.4 is 5.32 Å². The summed E-state index contributed by atoms with van der Waals surface area (Å²) in [6.07, 6.45) is 1.60. The number of anilines is 1. The first-order valence-corrected chi connectivity index (χ1v) is 8.00. The van der Waals surface area contributed by atoms with Gasteiger partial charge in [-0.25, -0.2) is 9.78 Å². The Morgan fingerprint density at radius 2 is 1.96 bits per heavy atom. The van der Waals surface area contributed by atoms with Gasteiger partial charge in [0.15, 0.2) is 0 Å². The molecule has 0 radical (unpaired) electrons. The van der Waals surface area contributed by atoms with Gasteiger partial charge in [-0.3, -0.25) is 4.79 Å². The zero-order valence-electron chi connectivity index (χ0n) is 15.3. The predicted molar refractivity (Wildman–Crippen MR) is 99.9 cm³/mol. The zero-order valence-corrected chi connectivity index (χ0v) is 15.3. The number of nitrogens with one attached hydrogen (secondary N) is 1. The number of ether oxygens (including phenoxy) is 1. The molecule has 26 heavy (non-hydrogen) atoms. The van der Waals surface area contributed by atoms with Crippen molar-refractivity contribution in [1.29, 1.82) is 0 Å². The van der Waals surface area contributed by atoms with Crippen molar-refractivity contribution in [3.05, 3.63) is 58.8 Å². The van der Waals surface area contributed by atoms with Gasteiger partial charge in [0, 0.05) is 17.3 Å². The van der Waals surface area contributed by atoms with Crippen LogP contribution in [-0.2, 0) is 9.53 Å². The van der Waals surface area contributed by atoms with E-state index in [1.165, 1.54) is 7.11 Å². The van der Waals surface area contributed by atoms with Crippen molar-refractivity contribution in [2.45, 2.75) is 6.92 Å². The van der Waals surface area contributed by atoms with E-state index in [1.807, 2.05) is 27.1 Å². The number of likely N-dealkylation sites (N-methyl/N-ethyl adjacent to an activating group) is 1. The molecular weight excluding hydrogens is 330 g/mol. The highest BCUT2D eigenvalue weighted by Crippen LogP contribution is 2.12. The number of hydrogen-bond donors (Lipinski definition) is 1. The van der Waals surface area contributed by atoms with Crippen LogP contribution in [0.15, 0.2) is 36.5 Å². The quantitative estimate of drug-likeness (QED) is 0.674. The van der Waals surface area contributed by atoms with Crippen LogP contribution >= 0.6 is 0 Å². The molecule has 1 heterocycles. The Balaban J connectivity index is 2.13. The molecule has 0 aliphatic rings. The molecule has 1 aromatic heterocycles. The normalized spacial score (nSPS) is 10.0. The Morgan fingerprint density at radius 1 is 1.19 bits per heavy atom. The fourth-order valence-corrected chi connectivity index (χ4v) is 2.15. The monoisotopic (exact) mass is 351 g/mol. The van der Waals surface area contributed by atoms with Gasteiger partial charge in [-0.15, -0.1) is 0 Å². The minimum Gasteiger partial charge on any atom is -0.465 e. The molecule has 0 aliphatic carbocycles. The van der Waals surface area contributed by atoms with E-state index in [9.17, 15) is 9.59 Å². The van der Waals surface area contributed by atoms with Crippen molar-refractivity contribution in [3.63, 3.8) is 0 Å². The van der Waals surface area contributed by atoms with Crippen molar-refractivity contribution in [2.24, 2.45) is 0 Å². The van der Waals surface area contributed by atoms with E-state index in [0.29, 0.717) is 23.5 Å². The van der Waals surface area contributed by atoms with Crippen LogP contribution in [0.5, 0.6) is 0 Å².